The van der Waals surface area contributed by atoms with Crippen LogP contribution < -0.4 is 0 Å². The van der Waals surface area contributed by atoms with Gasteiger partial charge in [0.2, 0.25) is 0 Å². The summed E-state index contributed by atoms with van der Waals surface area (Å²) in [5.41, 5.74) is -1.83. The Morgan fingerprint density at radius 2 is 1.64 bits per heavy atom. The highest BCUT2D eigenvalue weighted by atomic mass is 19.4. The van der Waals surface area contributed by atoms with Crippen LogP contribution in [-0.4, -0.2) is 0 Å². The molecule has 0 saturated heterocycles. The molecule has 14 heavy (non-hydrogen) atoms. The number of hydrogen-bond acceptors (Lipinski definition) is 0. The molecule has 0 aliphatic heterocycles. The molecular weight excluding hydrogens is 203 g/mol. The predicted molar refractivity (Wildman–Crippen MR) is 40.9 cm³/mol. The number of benzene rings is 1. The molecule has 0 saturated carbocycles. The molecule has 0 bridgehead atoms. The third-order valence-corrected chi connectivity index (χ3v) is 1.59. The van der Waals surface area contributed by atoms with Crippen LogP contribution in [0, 0.1) is 6.92 Å². The second kappa shape index (κ2) is 3.55. The standard InChI is InChI=1S/C9H6F5/c1-5-2-6(8(10)11)4-7(3-5)9(12,13)14/h2-4,8H,1H2. The molecule has 77 valence electrons. The molecule has 1 aromatic rings. The largest absolute Gasteiger partial charge is 0.416 e. The third kappa shape index (κ3) is 2.43. The first kappa shape index (κ1) is 10.9. The van der Waals surface area contributed by atoms with Crippen molar-refractivity contribution in [3.8, 4) is 0 Å². The lowest BCUT2D eigenvalue weighted by Crippen LogP contribution is -2.06. The molecule has 0 aliphatic carbocycles. The summed E-state index contributed by atoms with van der Waals surface area (Å²) in [5.74, 6) is 0. The first-order chi connectivity index (χ1) is 6.30. The highest BCUT2D eigenvalue weighted by Crippen LogP contribution is 2.32. The zero-order valence-corrected chi connectivity index (χ0v) is 6.91. The fourth-order valence-corrected chi connectivity index (χ4v) is 1.01. The van der Waals surface area contributed by atoms with E-state index in [1.54, 1.807) is 0 Å². The number of halogens is 5. The summed E-state index contributed by atoms with van der Waals surface area (Å²) in [4.78, 5) is 0. The summed E-state index contributed by atoms with van der Waals surface area (Å²) in [6, 6.07) is 2.09. The van der Waals surface area contributed by atoms with E-state index in [2.05, 4.69) is 6.92 Å². The molecule has 0 fully saturated rings. The van der Waals surface area contributed by atoms with Crippen LogP contribution in [0.3, 0.4) is 0 Å². The van der Waals surface area contributed by atoms with Gasteiger partial charge in [-0.2, -0.15) is 13.2 Å². The fourth-order valence-electron chi connectivity index (χ4n) is 1.01. The Labute approximate surface area is 77.4 Å². The molecule has 1 aromatic carbocycles. The zero-order chi connectivity index (χ0) is 10.9. The minimum atomic E-state index is -4.61. The lowest BCUT2D eigenvalue weighted by Gasteiger charge is -2.09. The van der Waals surface area contributed by atoms with Gasteiger partial charge in [0.25, 0.3) is 6.43 Å². The van der Waals surface area contributed by atoms with Crippen LogP contribution in [-0.2, 0) is 6.18 Å². The van der Waals surface area contributed by atoms with Gasteiger partial charge in [-0.1, -0.05) is 6.07 Å². The first-order valence-electron chi connectivity index (χ1n) is 3.63. The Morgan fingerprint density at radius 1 is 1.07 bits per heavy atom. The molecule has 0 amide bonds. The van der Waals surface area contributed by atoms with Crippen LogP contribution in [0.2, 0.25) is 0 Å². The Morgan fingerprint density at radius 3 is 2.07 bits per heavy atom. The number of alkyl halides is 5. The van der Waals surface area contributed by atoms with Crippen molar-refractivity contribution in [1.29, 1.82) is 0 Å². The maximum absolute atomic E-state index is 12.1. The lowest BCUT2D eigenvalue weighted by atomic mass is 10.1. The van der Waals surface area contributed by atoms with E-state index in [9.17, 15) is 22.0 Å². The van der Waals surface area contributed by atoms with Crippen molar-refractivity contribution >= 4 is 0 Å². The van der Waals surface area contributed by atoms with Crippen molar-refractivity contribution < 1.29 is 22.0 Å². The molecule has 0 atom stereocenters. The Kier molecular flexibility index (Phi) is 2.78. The van der Waals surface area contributed by atoms with E-state index in [0.717, 1.165) is 12.1 Å². The SMILES string of the molecule is [CH2]c1cc(C(F)F)cc(C(F)(F)F)c1. The Hall–Kier alpha value is -1.13. The van der Waals surface area contributed by atoms with E-state index in [-0.39, 0.29) is 5.56 Å². The van der Waals surface area contributed by atoms with Crippen molar-refractivity contribution in [3.05, 3.63) is 41.8 Å². The summed E-state index contributed by atoms with van der Waals surface area (Å²) in [6.07, 6.45) is -7.53. The highest BCUT2D eigenvalue weighted by molar-refractivity contribution is 5.33. The van der Waals surface area contributed by atoms with Crippen molar-refractivity contribution in [3.63, 3.8) is 0 Å². The van der Waals surface area contributed by atoms with Gasteiger partial charge in [0, 0.05) is 5.56 Å². The molecule has 5 heteroatoms. The van der Waals surface area contributed by atoms with E-state index < -0.39 is 23.7 Å². The van der Waals surface area contributed by atoms with Crippen LogP contribution >= 0.6 is 0 Å². The van der Waals surface area contributed by atoms with Gasteiger partial charge in [-0.25, -0.2) is 8.78 Å². The second-order valence-electron chi connectivity index (χ2n) is 2.76. The summed E-state index contributed by atoms with van der Waals surface area (Å²) < 4.78 is 60.7. The molecule has 0 aliphatic rings. The third-order valence-electron chi connectivity index (χ3n) is 1.59. The van der Waals surface area contributed by atoms with E-state index in [4.69, 9.17) is 0 Å². The van der Waals surface area contributed by atoms with Crippen molar-refractivity contribution in [2.45, 2.75) is 12.6 Å². The van der Waals surface area contributed by atoms with Crippen molar-refractivity contribution in [2.75, 3.05) is 0 Å². The normalized spacial score (nSPS) is 12.2. The van der Waals surface area contributed by atoms with Gasteiger partial charge in [-0.3, -0.25) is 0 Å². The van der Waals surface area contributed by atoms with Gasteiger partial charge in [0.1, 0.15) is 0 Å². The van der Waals surface area contributed by atoms with Gasteiger partial charge in [-0.05, 0) is 24.6 Å². The maximum Gasteiger partial charge on any atom is 0.416 e. The molecule has 0 unspecified atom stereocenters. The summed E-state index contributed by atoms with van der Waals surface area (Å²) in [5, 5.41) is 0. The van der Waals surface area contributed by atoms with E-state index >= 15 is 0 Å². The Balaban J connectivity index is 3.21. The summed E-state index contributed by atoms with van der Waals surface area (Å²) in [7, 11) is 0. The van der Waals surface area contributed by atoms with E-state index in [1.807, 2.05) is 0 Å². The van der Waals surface area contributed by atoms with Crippen LogP contribution in [0.25, 0.3) is 0 Å². The number of rotatable bonds is 1. The first-order valence-corrected chi connectivity index (χ1v) is 3.63. The fraction of sp³-hybridized carbons (Fsp3) is 0.222. The predicted octanol–water partition coefficient (Wildman–Crippen LogP) is 3.83. The van der Waals surface area contributed by atoms with E-state index in [1.165, 1.54) is 0 Å². The summed E-state index contributed by atoms with van der Waals surface area (Å²) in [6.45, 7) is 3.20. The topological polar surface area (TPSA) is 0 Å². The molecule has 1 rings (SSSR count). The smallest absolute Gasteiger partial charge is 0.205 e. The maximum atomic E-state index is 12.1. The van der Waals surface area contributed by atoms with Gasteiger partial charge in [0.05, 0.1) is 5.56 Å². The molecule has 0 nitrogen and oxygen atoms in total. The van der Waals surface area contributed by atoms with Gasteiger partial charge >= 0.3 is 6.18 Å². The molecule has 0 aromatic heterocycles. The van der Waals surface area contributed by atoms with Crippen LogP contribution in [0.5, 0.6) is 0 Å². The van der Waals surface area contributed by atoms with Crippen LogP contribution in [0.4, 0.5) is 22.0 Å². The molecule has 0 N–H and O–H groups in total. The average molecular weight is 209 g/mol. The molecule has 0 heterocycles. The van der Waals surface area contributed by atoms with E-state index in [0.29, 0.717) is 6.07 Å². The van der Waals surface area contributed by atoms with Crippen LogP contribution in [0.15, 0.2) is 18.2 Å². The van der Waals surface area contributed by atoms with Crippen molar-refractivity contribution in [2.24, 2.45) is 0 Å². The quantitative estimate of drug-likeness (QED) is 0.616. The van der Waals surface area contributed by atoms with Gasteiger partial charge in [-0.15, -0.1) is 0 Å². The monoisotopic (exact) mass is 209 g/mol. The highest BCUT2D eigenvalue weighted by Gasteiger charge is 2.31. The van der Waals surface area contributed by atoms with Crippen molar-refractivity contribution in [1.82, 2.24) is 0 Å². The molecule has 0 spiro atoms. The number of hydrogen-bond donors (Lipinski definition) is 0. The Bertz CT molecular complexity index is 326. The minimum Gasteiger partial charge on any atom is -0.205 e. The molecular formula is C9H6F5. The van der Waals surface area contributed by atoms with Gasteiger partial charge < -0.3 is 0 Å². The molecule has 1 radical (unpaired) electrons. The second-order valence-corrected chi connectivity index (χ2v) is 2.76. The van der Waals surface area contributed by atoms with Crippen LogP contribution in [0.1, 0.15) is 23.1 Å². The minimum absolute atomic E-state index is 0.0740. The average Bonchev–Trinajstić information content (AvgIpc) is 2.01. The zero-order valence-electron chi connectivity index (χ0n) is 6.91. The lowest BCUT2D eigenvalue weighted by molar-refractivity contribution is -0.137. The van der Waals surface area contributed by atoms with Gasteiger partial charge in [0.15, 0.2) is 0 Å². The summed E-state index contributed by atoms with van der Waals surface area (Å²) >= 11 is 0.